The number of allylic oxidation sites excluding steroid dienone is 6. The highest BCUT2D eigenvalue weighted by Gasteiger charge is 2.18. The van der Waals surface area contributed by atoms with Crippen LogP contribution in [0.25, 0.3) is 0 Å². The van der Waals surface area contributed by atoms with E-state index in [9.17, 15) is 4.79 Å². The fourth-order valence-electron chi connectivity index (χ4n) is 1.71. The van der Waals surface area contributed by atoms with E-state index in [0.29, 0.717) is 0 Å². The van der Waals surface area contributed by atoms with Crippen molar-refractivity contribution in [2.45, 2.75) is 34.1 Å². The molecule has 0 saturated heterocycles. The maximum Gasteiger partial charge on any atom is 0.152 e. The zero-order valence-electron chi connectivity index (χ0n) is 9.42. The van der Waals surface area contributed by atoms with Crippen LogP contribution in [-0.2, 0) is 4.79 Å². The molecule has 0 saturated carbocycles. The van der Waals surface area contributed by atoms with Crippen molar-refractivity contribution < 1.29 is 4.79 Å². The number of carbonyl (C=O) groups excluding carboxylic acids is 1. The molecule has 1 nitrogen and oxygen atoms in total. The zero-order chi connectivity index (χ0) is 10.8. The Bertz CT molecular complexity index is 327. The van der Waals surface area contributed by atoms with Gasteiger partial charge in [-0.3, -0.25) is 4.79 Å². The first-order valence-corrected chi connectivity index (χ1v) is 4.98. The van der Waals surface area contributed by atoms with E-state index in [1.807, 2.05) is 6.08 Å². The lowest BCUT2D eigenvalue weighted by Crippen LogP contribution is -2.11. The van der Waals surface area contributed by atoms with Crippen molar-refractivity contribution >= 4 is 5.78 Å². The molecule has 0 aliphatic heterocycles. The summed E-state index contributed by atoms with van der Waals surface area (Å²) < 4.78 is 0. The van der Waals surface area contributed by atoms with Gasteiger partial charge in [-0.1, -0.05) is 37.6 Å². The fraction of sp³-hybridized carbons (Fsp3) is 0.462. The van der Waals surface area contributed by atoms with Crippen molar-refractivity contribution in [2.24, 2.45) is 5.41 Å². The lowest BCUT2D eigenvalue weighted by atomic mass is 9.80. The molecule has 0 fully saturated rings. The van der Waals surface area contributed by atoms with Crippen LogP contribution >= 0.6 is 0 Å². The van der Waals surface area contributed by atoms with Crippen molar-refractivity contribution in [1.29, 1.82) is 0 Å². The van der Waals surface area contributed by atoms with Crippen LogP contribution < -0.4 is 0 Å². The Balaban J connectivity index is 2.83. The minimum Gasteiger partial charge on any atom is -0.295 e. The van der Waals surface area contributed by atoms with Crippen molar-refractivity contribution in [3.8, 4) is 0 Å². The molecule has 0 aromatic rings. The van der Waals surface area contributed by atoms with Gasteiger partial charge in [-0.2, -0.15) is 0 Å². The predicted molar refractivity (Wildman–Crippen MR) is 60.1 cm³/mol. The molecule has 0 radical (unpaired) electrons. The van der Waals surface area contributed by atoms with Crippen LogP contribution in [0.1, 0.15) is 34.1 Å². The molecule has 0 atom stereocenters. The highest BCUT2D eigenvalue weighted by molar-refractivity contribution is 5.87. The van der Waals surface area contributed by atoms with Gasteiger partial charge in [0, 0.05) is 0 Å². The number of rotatable bonds is 2. The molecule has 0 aromatic heterocycles. The number of carbonyl (C=O) groups is 1. The van der Waals surface area contributed by atoms with Crippen LogP contribution in [0.2, 0.25) is 0 Å². The molecule has 76 valence electrons. The summed E-state index contributed by atoms with van der Waals surface area (Å²) in [5, 5.41) is 0. The van der Waals surface area contributed by atoms with Gasteiger partial charge in [0.1, 0.15) is 0 Å². The van der Waals surface area contributed by atoms with Gasteiger partial charge in [-0.25, -0.2) is 0 Å². The van der Waals surface area contributed by atoms with Crippen molar-refractivity contribution in [3.05, 3.63) is 35.5 Å². The van der Waals surface area contributed by atoms with Gasteiger partial charge in [0.25, 0.3) is 0 Å². The predicted octanol–water partition coefficient (Wildman–Crippen LogP) is 3.43. The Morgan fingerprint density at radius 1 is 1.50 bits per heavy atom. The van der Waals surface area contributed by atoms with Gasteiger partial charge in [-0.05, 0) is 37.3 Å². The zero-order valence-corrected chi connectivity index (χ0v) is 9.42. The molecule has 1 heteroatoms. The molecule has 0 amide bonds. The van der Waals surface area contributed by atoms with Gasteiger partial charge in [-0.15, -0.1) is 0 Å². The van der Waals surface area contributed by atoms with E-state index in [2.05, 4.69) is 32.9 Å². The summed E-state index contributed by atoms with van der Waals surface area (Å²) in [6.45, 7) is 8.14. The molecular formula is C13H18O. The topological polar surface area (TPSA) is 17.1 Å². The maximum atomic E-state index is 10.8. The lowest BCUT2D eigenvalue weighted by Gasteiger charge is -2.25. The standard InChI is InChI=1S/C13H18O/c1-10-9-13(3,4)8-7-12(10)6-5-11(2)14/h5-8H,9H2,1-4H3/b6-5+. The minimum atomic E-state index is 0.100. The molecule has 1 rings (SSSR count). The average molecular weight is 190 g/mol. The van der Waals surface area contributed by atoms with Crippen molar-refractivity contribution in [1.82, 2.24) is 0 Å². The highest BCUT2D eigenvalue weighted by atomic mass is 16.1. The normalized spacial score (nSPS) is 20.6. The van der Waals surface area contributed by atoms with Gasteiger partial charge >= 0.3 is 0 Å². The number of hydrogen-bond donors (Lipinski definition) is 0. The average Bonchev–Trinajstić information content (AvgIpc) is 2.00. The largest absolute Gasteiger partial charge is 0.295 e. The van der Waals surface area contributed by atoms with E-state index in [-0.39, 0.29) is 11.2 Å². The van der Waals surface area contributed by atoms with Crippen LogP contribution in [0.5, 0.6) is 0 Å². The Labute approximate surface area is 86.2 Å². The molecule has 1 aliphatic carbocycles. The molecule has 0 aromatic carbocycles. The molecular weight excluding hydrogens is 172 g/mol. The first-order chi connectivity index (χ1) is 6.41. The summed E-state index contributed by atoms with van der Waals surface area (Å²) in [5.74, 6) is 0.100. The smallest absolute Gasteiger partial charge is 0.152 e. The first-order valence-electron chi connectivity index (χ1n) is 4.98. The van der Waals surface area contributed by atoms with E-state index < -0.39 is 0 Å². The van der Waals surface area contributed by atoms with E-state index in [1.54, 1.807) is 13.0 Å². The third-order valence-corrected chi connectivity index (χ3v) is 2.43. The van der Waals surface area contributed by atoms with Gasteiger partial charge in [0.05, 0.1) is 0 Å². The summed E-state index contributed by atoms with van der Waals surface area (Å²) in [7, 11) is 0. The van der Waals surface area contributed by atoms with Crippen LogP contribution in [0, 0.1) is 5.41 Å². The summed E-state index contributed by atoms with van der Waals surface area (Å²) in [5.41, 5.74) is 2.80. The van der Waals surface area contributed by atoms with Gasteiger partial charge in [0.15, 0.2) is 5.78 Å². The second kappa shape index (κ2) is 3.95. The van der Waals surface area contributed by atoms with Crippen LogP contribution in [0.3, 0.4) is 0 Å². The van der Waals surface area contributed by atoms with Crippen LogP contribution in [0.15, 0.2) is 35.5 Å². The SMILES string of the molecule is CC(=O)/C=C/C1=C(C)CC(C)(C)C=C1. The molecule has 0 unspecified atom stereocenters. The molecule has 0 N–H and O–H groups in total. The van der Waals surface area contributed by atoms with E-state index in [4.69, 9.17) is 0 Å². The molecule has 0 heterocycles. The Kier molecular flexibility index (Phi) is 3.10. The summed E-state index contributed by atoms with van der Waals surface area (Å²) >= 11 is 0. The minimum absolute atomic E-state index is 0.100. The Morgan fingerprint density at radius 2 is 2.14 bits per heavy atom. The fourth-order valence-corrected chi connectivity index (χ4v) is 1.71. The summed E-state index contributed by atoms with van der Waals surface area (Å²) in [6, 6.07) is 0. The van der Waals surface area contributed by atoms with Gasteiger partial charge < -0.3 is 0 Å². The first kappa shape index (κ1) is 11.0. The van der Waals surface area contributed by atoms with E-state index in [0.717, 1.165) is 6.42 Å². The Morgan fingerprint density at radius 3 is 2.64 bits per heavy atom. The van der Waals surface area contributed by atoms with Crippen molar-refractivity contribution in [3.63, 3.8) is 0 Å². The van der Waals surface area contributed by atoms with E-state index >= 15 is 0 Å². The summed E-state index contributed by atoms with van der Waals surface area (Å²) in [6.07, 6.45) is 8.92. The molecule has 0 spiro atoms. The molecule has 1 aliphatic rings. The Hall–Kier alpha value is -1.11. The lowest BCUT2D eigenvalue weighted by molar-refractivity contribution is -0.112. The quantitative estimate of drug-likeness (QED) is 0.610. The van der Waals surface area contributed by atoms with Crippen molar-refractivity contribution in [2.75, 3.05) is 0 Å². The second-order valence-electron chi connectivity index (χ2n) is 4.68. The maximum absolute atomic E-state index is 10.8. The van der Waals surface area contributed by atoms with Crippen LogP contribution in [0.4, 0.5) is 0 Å². The summed E-state index contributed by atoms with van der Waals surface area (Å²) in [4.78, 5) is 10.8. The van der Waals surface area contributed by atoms with Crippen LogP contribution in [-0.4, -0.2) is 5.78 Å². The number of hydrogen-bond acceptors (Lipinski definition) is 1. The third-order valence-electron chi connectivity index (χ3n) is 2.43. The molecule has 14 heavy (non-hydrogen) atoms. The van der Waals surface area contributed by atoms with Gasteiger partial charge in [0.2, 0.25) is 0 Å². The second-order valence-corrected chi connectivity index (χ2v) is 4.68. The number of ketones is 1. The molecule has 0 bridgehead atoms. The highest BCUT2D eigenvalue weighted by Crippen LogP contribution is 2.33. The third kappa shape index (κ3) is 2.99. The monoisotopic (exact) mass is 190 g/mol. The van der Waals surface area contributed by atoms with E-state index in [1.165, 1.54) is 11.1 Å².